The van der Waals surface area contributed by atoms with Crippen molar-refractivity contribution in [1.82, 2.24) is 5.32 Å². The van der Waals surface area contributed by atoms with Crippen molar-refractivity contribution < 1.29 is 0 Å². The number of hydrogen-bond donors (Lipinski definition) is 2. The van der Waals surface area contributed by atoms with Gasteiger partial charge in [-0.1, -0.05) is 23.8 Å². The Bertz CT molecular complexity index is 320. The summed E-state index contributed by atoms with van der Waals surface area (Å²) in [7, 11) is 0. The van der Waals surface area contributed by atoms with E-state index in [1.54, 1.807) is 0 Å². The molecular formula is C13H22N2. The molecule has 0 heterocycles. The molecule has 1 rings (SSSR count). The Kier molecular flexibility index (Phi) is 4.30. The summed E-state index contributed by atoms with van der Waals surface area (Å²) in [6.45, 7) is 9.25. The van der Waals surface area contributed by atoms with Crippen LogP contribution in [0.2, 0.25) is 0 Å². The summed E-state index contributed by atoms with van der Waals surface area (Å²) in [6.07, 6.45) is 0. The molecule has 0 bridgehead atoms. The number of rotatable bonds is 4. The molecule has 0 saturated heterocycles. The summed E-state index contributed by atoms with van der Waals surface area (Å²) in [5.74, 6) is 0. The molecule has 0 radical (unpaired) electrons. The third-order valence-electron chi connectivity index (χ3n) is 2.78. The quantitative estimate of drug-likeness (QED) is 0.793. The van der Waals surface area contributed by atoms with Crippen LogP contribution < -0.4 is 11.1 Å². The molecule has 3 N–H and O–H groups in total. The molecule has 0 fully saturated rings. The van der Waals surface area contributed by atoms with Gasteiger partial charge in [0, 0.05) is 18.6 Å². The summed E-state index contributed by atoms with van der Waals surface area (Å²) in [5, 5.41) is 3.48. The summed E-state index contributed by atoms with van der Waals surface area (Å²) in [5.41, 5.74) is 9.62. The molecule has 1 aromatic rings. The second-order valence-corrected chi connectivity index (χ2v) is 4.39. The Balaban J connectivity index is 2.77. The first-order chi connectivity index (χ1) is 7.04. The van der Waals surface area contributed by atoms with E-state index in [0.29, 0.717) is 18.6 Å². The first-order valence-corrected chi connectivity index (χ1v) is 5.58. The van der Waals surface area contributed by atoms with Gasteiger partial charge in [-0.2, -0.15) is 0 Å². The minimum Gasteiger partial charge on any atom is -0.329 e. The minimum atomic E-state index is 0.362. The fourth-order valence-electron chi connectivity index (χ4n) is 1.90. The number of hydrogen-bond acceptors (Lipinski definition) is 2. The first-order valence-electron chi connectivity index (χ1n) is 5.58. The molecule has 0 aliphatic carbocycles. The fourth-order valence-corrected chi connectivity index (χ4v) is 1.90. The SMILES string of the molecule is Cc1ccc(C(C)NC(C)CN)c(C)c1. The molecule has 0 amide bonds. The van der Waals surface area contributed by atoms with E-state index in [9.17, 15) is 0 Å². The van der Waals surface area contributed by atoms with Gasteiger partial charge in [0.25, 0.3) is 0 Å². The van der Waals surface area contributed by atoms with E-state index in [2.05, 4.69) is 51.2 Å². The van der Waals surface area contributed by atoms with Crippen LogP contribution >= 0.6 is 0 Å². The molecule has 15 heavy (non-hydrogen) atoms. The van der Waals surface area contributed by atoms with Crippen molar-refractivity contribution in [1.29, 1.82) is 0 Å². The topological polar surface area (TPSA) is 38.0 Å². The smallest absolute Gasteiger partial charge is 0.0297 e. The van der Waals surface area contributed by atoms with Gasteiger partial charge in [-0.25, -0.2) is 0 Å². The van der Waals surface area contributed by atoms with Crippen LogP contribution in [-0.2, 0) is 0 Å². The van der Waals surface area contributed by atoms with E-state index >= 15 is 0 Å². The molecule has 84 valence electrons. The van der Waals surface area contributed by atoms with Crippen LogP contribution in [0, 0.1) is 13.8 Å². The maximum Gasteiger partial charge on any atom is 0.0297 e. The third kappa shape index (κ3) is 3.33. The lowest BCUT2D eigenvalue weighted by Gasteiger charge is -2.21. The van der Waals surface area contributed by atoms with Crippen molar-refractivity contribution in [3.63, 3.8) is 0 Å². The van der Waals surface area contributed by atoms with E-state index < -0.39 is 0 Å². The highest BCUT2D eigenvalue weighted by molar-refractivity contribution is 5.32. The van der Waals surface area contributed by atoms with Crippen molar-refractivity contribution in [2.75, 3.05) is 6.54 Å². The van der Waals surface area contributed by atoms with Crippen molar-refractivity contribution in [3.05, 3.63) is 34.9 Å². The van der Waals surface area contributed by atoms with Gasteiger partial charge in [-0.05, 0) is 38.8 Å². The summed E-state index contributed by atoms with van der Waals surface area (Å²) in [6, 6.07) is 7.31. The van der Waals surface area contributed by atoms with Crippen LogP contribution in [0.3, 0.4) is 0 Å². The van der Waals surface area contributed by atoms with E-state index in [0.717, 1.165) is 0 Å². The number of aryl methyl sites for hydroxylation is 2. The molecule has 0 aliphatic rings. The van der Waals surface area contributed by atoms with E-state index in [4.69, 9.17) is 5.73 Å². The van der Waals surface area contributed by atoms with Gasteiger partial charge >= 0.3 is 0 Å². The van der Waals surface area contributed by atoms with Crippen LogP contribution in [0.25, 0.3) is 0 Å². The molecule has 0 spiro atoms. The van der Waals surface area contributed by atoms with Gasteiger partial charge in [0.05, 0.1) is 0 Å². The largest absolute Gasteiger partial charge is 0.329 e. The Morgan fingerprint density at radius 3 is 2.47 bits per heavy atom. The highest BCUT2D eigenvalue weighted by Crippen LogP contribution is 2.18. The molecule has 0 saturated carbocycles. The van der Waals surface area contributed by atoms with E-state index in [1.165, 1.54) is 16.7 Å². The Hall–Kier alpha value is -0.860. The highest BCUT2D eigenvalue weighted by Gasteiger charge is 2.10. The predicted octanol–water partition coefficient (Wildman–Crippen LogP) is 2.30. The zero-order chi connectivity index (χ0) is 11.4. The van der Waals surface area contributed by atoms with Gasteiger partial charge in [0.15, 0.2) is 0 Å². The molecular weight excluding hydrogens is 184 g/mol. The van der Waals surface area contributed by atoms with Gasteiger partial charge in [0.2, 0.25) is 0 Å². The zero-order valence-electron chi connectivity index (χ0n) is 10.2. The third-order valence-corrected chi connectivity index (χ3v) is 2.78. The van der Waals surface area contributed by atoms with Crippen molar-refractivity contribution in [2.45, 2.75) is 39.8 Å². The minimum absolute atomic E-state index is 0.362. The van der Waals surface area contributed by atoms with Gasteiger partial charge < -0.3 is 11.1 Å². The molecule has 2 atom stereocenters. The maximum atomic E-state index is 5.60. The van der Waals surface area contributed by atoms with Gasteiger partial charge in [-0.3, -0.25) is 0 Å². The Morgan fingerprint density at radius 1 is 1.27 bits per heavy atom. The number of nitrogens with two attached hydrogens (primary N) is 1. The second kappa shape index (κ2) is 5.29. The molecule has 0 aromatic heterocycles. The first kappa shape index (κ1) is 12.2. The fraction of sp³-hybridized carbons (Fsp3) is 0.538. The molecule has 2 heteroatoms. The average molecular weight is 206 g/mol. The Labute approximate surface area is 92.9 Å². The molecule has 1 aromatic carbocycles. The lowest BCUT2D eigenvalue weighted by Crippen LogP contribution is -2.35. The monoisotopic (exact) mass is 206 g/mol. The maximum absolute atomic E-state index is 5.60. The van der Waals surface area contributed by atoms with Crippen LogP contribution in [0.5, 0.6) is 0 Å². The van der Waals surface area contributed by atoms with Crippen molar-refractivity contribution in [3.8, 4) is 0 Å². The Morgan fingerprint density at radius 2 is 1.93 bits per heavy atom. The van der Waals surface area contributed by atoms with E-state index in [1.807, 2.05) is 0 Å². The van der Waals surface area contributed by atoms with Crippen molar-refractivity contribution in [2.24, 2.45) is 5.73 Å². The van der Waals surface area contributed by atoms with Crippen LogP contribution in [0.15, 0.2) is 18.2 Å². The number of nitrogens with one attached hydrogen (secondary N) is 1. The number of benzene rings is 1. The van der Waals surface area contributed by atoms with Gasteiger partial charge in [0.1, 0.15) is 0 Å². The molecule has 0 aliphatic heterocycles. The highest BCUT2D eigenvalue weighted by atomic mass is 15.0. The lowest BCUT2D eigenvalue weighted by molar-refractivity contribution is 0.484. The van der Waals surface area contributed by atoms with Crippen LogP contribution in [0.4, 0.5) is 0 Å². The summed E-state index contributed by atoms with van der Waals surface area (Å²) in [4.78, 5) is 0. The summed E-state index contributed by atoms with van der Waals surface area (Å²) >= 11 is 0. The van der Waals surface area contributed by atoms with Crippen molar-refractivity contribution >= 4 is 0 Å². The molecule has 2 unspecified atom stereocenters. The zero-order valence-corrected chi connectivity index (χ0v) is 10.2. The van der Waals surface area contributed by atoms with Crippen LogP contribution in [0.1, 0.15) is 36.6 Å². The average Bonchev–Trinajstić information content (AvgIpc) is 2.17. The van der Waals surface area contributed by atoms with Gasteiger partial charge in [-0.15, -0.1) is 0 Å². The second-order valence-electron chi connectivity index (χ2n) is 4.39. The predicted molar refractivity (Wildman–Crippen MR) is 66.0 cm³/mol. The lowest BCUT2D eigenvalue weighted by atomic mass is 10.00. The van der Waals surface area contributed by atoms with E-state index in [-0.39, 0.29) is 0 Å². The normalized spacial score (nSPS) is 15.0. The molecule has 2 nitrogen and oxygen atoms in total. The summed E-state index contributed by atoms with van der Waals surface area (Å²) < 4.78 is 0. The standard InChI is InChI=1S/C13H22N2/c1-9-5-6-13(10(2)7-9)12(4)15-11(3)8-14/h5-7,11-12,15H,8,14H2,1-4H3. The van der Waals surface area contributed by atoms with Crippen LogP contribution in [-0.4, -0.2) is 12.6 Å².